The molecule has 0 aliphatic carbocycles. The molecule has 0 aliphatic heterocycles. The maximum atomic E-state index is 12.2. The first-order valence-corrected chi connectivity index (χ1v) is 23.2. The van der Waals surface area contributed by atoms with Gasteiger partial charge in [0.2, 0.25) is 0 Å². The van der Waals surface area contributed by atoms with Crippen LogP contribution in [0, 0.1) is 0 Å². The van der Waals surface area contributed by atoms with Crippen molar-refractivity contribution in [2.45, 2.75) is 238 Å². The van der Waals surface area contributed by atoms with Gasteiger partial charge in [0.05, 0.1) is 13.2 Å². The largest absolute Gasteiger partial charge is 0.457 e. The fraction of sp³-hybridized carbons (Fsp3) is 0.816. The lowest BCUT2D eigenvalue weighted by Gasteiger charge is -2.15. The minimum atomic E-state index is -0.543. The van der Waals surface area contributed by atoms with E-state index in [1.807, 2.05) is 0 Å². The van der Waals surface area contributed by atoms with Crippen LogP contribution in [0.3, 0.4) is 0 Å². The minimum absolute atomic E-state index is 0.177. The van der Waals surface area contributed by atoms with E-state index in [-0.39, 0.29) is 12.6 Å². The first-order valence-electron chi connectivity index (χ1n) is 23.2. The molecule has 0 spiro atoms. The van der Waals surface area contributed by atoms with E-state index in [0.717, 1.165) is 44.9 Å². The Labute approximate surface area is 331 Å². The van der Waals surface area contributed by atoms with Crippen LogP contribution in [0.2, 0.25) is 0 Å². The van der Waals surface area contributed by atoms with Crippen LogP contribution in [-0.4, -0.2) is 37.0 Å². The van der Waals surface area contributed by atoms with Crippen molar-refractivity contribution in [3.8, 4) is 0 Å². The lowest BCUT2D eigenvalue weighted by molar-refractivity contribution is -0.154. The number of hydrogen-bond donors (Lipinski definition) is 1. The van der Waals surface area contributed by atoms with Crippen molar-refractivity contribution in [3.05, 3.63) is 48.6 Å². The summed E-state index contributed by atoms with van der Waals surface area (Å²) < 4.78 is 11.2. The molecule has 0 saturated heterocycles. The molecule has 0 fully saturated rings. The lowest BCUT2D eigenvalue weighted by Crippen LogP contribution is -2.27. The Balaban J connectivity index is 3.45. The molecule has 0 bridgehead atoms. The van der Waals surface area contributed by atoms with E-state index in [2.05, 4.69) is 62.5 Å². The summed E-state index contributed by atoms with van der Waals surface area (Å²) in [6.07, 6.45) is 60.3. The van der Waals surface area contributed by atoms with E-state index >= 15 is 0 Å². The third-order valence-electron chi connectivity index (χ3n) is 10.1. The molecular weight excluding hydrogens is 653 g/mol. The van der Waals surface area contributed by atoms with Crippen LogP contribution in [0.1, 0.15) is 232 Å². The second kappa shape index (κ2) is 46.5. The number of aliphatic hydroxyl groups is 1. The molecule has 310 valence electrons. The summed E-state index contributed by atoms with van der Waals surface area (Å²) in [6.45, 7) is 5.33. The van der Waals surface area contributed by atoms with Gasteiger partial charge in [-0.1, -0.05) is 197 Å². The molecule has 4 nitrogen and oxygen atoms in total. The molecule has 1 unspecified atom stereocenters. The summed E-state index contributed by atoms with van der Waals surface area (Å²) in [5.41, 5.74) is 0. The molecule has 0 amide bonds. The zero-order valence-corrected chi connectivity index (χ0v) is 35.5. The Morgan fingerprint density at radius 1 is 0.453 bits per heavy atom. The van der Waals surface area contributed by atoms with Crippen molar-refractivity contribution in [1.82, 2.24) is 0 Å². The van der Waals surface area contributed by atoms with Crippen LogP contribution in [0.4, 0.5) is 0 Å². The van der Waals surface area contributed by atoms with Gasteiger partial charge in [-0.25, -0.2) is 0 Å². The van der Waals surface area contributed by atoms with E-state index in [1.54, 1.807) is 0 Å². The molecule has 4 heteroatoms. The molecular formula is C49H90O4. The monoisotopic (exact) mass is 743 g/mol. The Hall–Kier alpha value is -1.65. The third kappa shape index (κ3) is 44.6. The first kappa shape index (κ1) is 51.4. The van der Waals surface area contributed by atoms with Crippen LogP contribution < -0.4 is 0 Å². The molecule has 0 aromatic heterocycles. The fourth-order valence-corrected chi connectivity index (χ4v) is 6.62. The topological polar surface area (TPSA) is 55.8 Å². The molecule has 0 saturated carbocycles. The summed E-state index contributed by atoms with van der Waals surface area (Å²) >= 11 is 0. The van der Waals surface area contributed by atoms with Gasteiger partial charge in [0.1, 0.15) is 6.10 Å². The summed E-state index contributed by atoms with van der Waals surface area (Å²) in [7, 11) is 0. The standard InChI is InChI=1S/C49H90O4/c1-3-5-7-9-11-13-15-17-19-21-23-25-26-28-30-32-34-36-38-40-42-44-49(51)53-48(46-50)47-52-45-43-41-39-37-35-33-31-29-27-24-22-20-18-16-14-12-10-8-6-4-2/h15,17-18,20-21,23,26,28,48,50H,3-14,16,19,22,24-25,27,29-47H2,1-2H3/b17-15-,20-18-,23-21-,28-26-. The van der Waals surface area contributed by atoms with Crippen molar-refractivity contribution in [2.75, 3.05) is 19.8 Å². The average molecular weight is 743 g/mol. The van der Waals surface area contributed by atoms with Gasteiger partial charge in [-0.15, -0.1) is 0 Å². The van der Waals surface area contributed by atoms with Crippen LogP contribution in [-0.2, 0) is 14.3 Å². The molecule has 0 aromatic rings. The predicted octanol–water partition coefficient (Wildman–Crippen LogP) is 15.4. The van der Waals surface area contributed by atoms with E-state index in [9.17, 15) is 9.90 Å². The Morgan fingerprint density at radius 3 is 1.21 bits per heavy atom. The number of hydrogen-bond acceptors (Lipinski definition) is 4. The zero-order chi connectivity index (χ0) is 38.4. The molecule has 0 aromatic carbocycles. The highest BCUT2D eigenvalue weighted by Gasteiger charge is 2.13. The number of rotatable bonds is 43. The quantitative estimate of drug-likeness (QED) is 0.0384. The number of carbonyl (C=O) groups excluding carboxylic acids is 1. The van der Waals surface area contributed by atoms with E-state index in [1.165, 1.54) is 167 Å². The second-order valence-electron chi connectivity index (χ2n) is 15.5. The first-order chi connectivity index (χ1) is 26.2. The summed E-state index contributed by atoms with van der Waals surface area (Å²) in [5.74, 6) is -0.212. The van der Waals surface area contributed by atoms with Crippen LogP contribution in [0.15, 0.2) is 48.6 Å². The van der Waals surface area contributed by atoms with Crippen molar-refractivity contribution in [3.63, 3.8) is 0 Å². The average Bonchev–Trinajstić information content (AvgIpc) is 3.16. The number of carbonyl (C=O) groups is 1. The molecule has 1 atom stereocenters. The number of aliphatic hydroxyl groups excluding tert-OH is 1. The van der Waals surface area contributed by atoms with Gasteiger partial charge in [0.15, 0.2) is 0 Å². The summed E-state index contributed by atoms with van der Waals surface area (Å²) in [6, 6.07) is 0. The SMILES string of the molecule is CCCCCCC/C=C\C/C=C\C/C=C\CCCCCCCCC(=O)OC(CO)COCCCCCCCCCCCC/C=C\CCCCCCCC. The van der Waals surface area contributed by atoms with Gasteiger partial charge in [0, 0.05) is 13.0 Å². The Morgan fingerprint density at radius 2 is 0.792 bits per heavy atom. The van der Waals surface area contributed by atoms with Crippen LogP contribution in [0.5, 0.6) is 0 Å². The van der Waals surface area contributed by atoms with E-state index < -0.39 is 6.10 Å². The lowest BCUT2D eigenvalue weighted by atomic mass is 10.1. The van der Waals surface area contributed by atoms with Gasteiger partial charge in [-0.05, 0) is 77.0 Å². The highest BCUT2D eigenvalue weighted by Crippen LogP contribution is 2.14. The molecule has 0 aliphatic rings. The predicted molar refractivity (Wildman–Crippen MR) is 233 cm³/mol. The van der Waals surface area contributed by atoms with E-state index in [0.29, 0.717) is 19.6 Å². The molecule has 53 heavy (non-hydrogen) atoms. The third-order valence-corrected chi connectivity index (χ3v) is 10.1. The van der Waals surface area contributed by atoms with E-state index in [4.69, 9.17) is 9.47 Å². The minimum Gasteiger partial charge on any atom is -0.457 e. The molecule has 0 heterocycles. The fourth-order valence-electron chi connectivity index (χ4n) is 6.62. The van der Waals surface area contributed by atoms with Crippen molar-refractivity contribution < 1.29 is 19.4 Å². The summed E-state index contributed by atoms with van der Waals surface area (Å²) in [5, 5.41) is 9.62. The highest BCUT2D eigenvalue weighted by molar-refractivity contribution is 5.69. The van der Waals surface area contributed by atoms with Crippen LogP contribution >= 0.6 is 0 Å². The van der Waals surface area contributed by atoms with Gasteiger partial charge in [-0.2, -0.15) is 0 Å². The van der Waals surface area contributed by atoms with Gasteiger partial charge in [0.25, 0.3) is 0 Å². The maximum Gasteiger partial charge on any atom is 0.306 e. The highest BCUT2D eigenvalue weighted by atomic mass is 16.6. The smallest absolute Gasteiger partial charge is 0.306 e. The number of allylic oxidation sites excluding steroid dienone is 8. The molecule has 1 N–H and O–H groups in total. The molecule has 0 rings (SSSR count). The molecule has 0 radical (unpaired) electrons. The van der Waals surface area contributed by atoms with Gasteiger partial charge >= 0.3 is 5.97 Å². The Bertz CT molecular complexity index is 828. The summed E-state index contributed by atoms with van der Waals surface area (Å²) in [4.78, 5) is 12.2. The zero-order valence-electron chi connectivity index (χ0n) is 35.5. The van der Waals surface area contributed by atoms with Crippen molar-refractivity contribution >= 4 is 5.97 Å². The number of esters is 1. The van der Waals surface area contributed by atoms with Gasteiger partial charge in [-0.3, -0.25) is 4.79 Å². The second-order valence-corrected chi connectivity index (χ2v) is 15.5. The maximum absolute atomic E-state index is 12.2. The van der Waals surface area contributed by atoms with Crippen molar-refractivity contribution in [2.24, 2.45) is 0 Å². The van der Waals surface area contributed by atoms with Crippen molar-refractivity contribution in [1.29, 1.82) is 0 Å². The normalized spacial score (nSPS) is 12.7. The number of unbranched alkanes of at least 4 members (excludes halogenated alkanes) is 27. The van der Waals surface area contributed by atoms with Gasteiger partial charge < -0.3 is 14.6 Å². The van der Waals surface area contributed by atoms with Crippen LogP contribution in [0.25, 0.3) is 0 Å². The number of ether oxygens (including phenoxy) is 2. The Kier molecular flexibility index (Phi) is 45.1.